The summed E-state index contributed by atoms with van der Waals surface area (Å²) in [4.78, 5) is 8.31. The average molecular weight is 244 g/mol. The van der Waals surface area contributed by atoms with E-state index in [1.807, 2.05) is 6.92 Å². The van der Waals surface area contributed by atoms with Crippen LogP contribution in [0.3, 0.4) is 0 Å². The second-order valence-electron chi connectivity index (χ2n) is 2.90. The fourth-order valence-corrected chi connectivity index (χ4v) is 3.35. The molecule has 0 unspecified atom stereocenters. The molecule has 15 heavy (non-hydrogen) atoms. The maximum atomic E-state index is 11.7. The maximum absolute atomic E-state index is 11.7. The average Bonchev–Trinajstić information content (AvgIpc) is 2.75. The Morgan fingerprint density at radius 1 is 1.47 bits per heavy atom. The number of hydrogen-bond acceptors (Lipinski definition) is 6. The number of hydrogen-bond donors (Lipinski definition) is 1. The van der Waals surface area contributed by atoms with Crippen LogP contribution in [0.2, 0.25) is 0 Å². The van der Waals surface area contributed by atoms with Gasteiger partial charge in [0.2, 0.25) is 15.0 Å². The number of nitrogens with one attached hydrogen (secondary N) is 1. The number of aromatic amines is 1. The highest BCUT2D eigenvalue weighted by Crippen LogP contribution is 2.17. The summed E-state index contributed by atoms with van der Waals surface area (Å²) in [6.07, 6.45) is 2.73. The molecule has 0 aromatic carbocycles. The molecule has 8 heteroatoms. The van der Waals surface area contributed by atoms with Crippen LogP contribution in [0.4, 0.5) is 0 Å². The summed E-state index contributed by atoms with van der Waals surface area (Å²) in [5.41, 5.74) is 0. The fraction of sp³-hybridized carbons (Fsp3) is 0.286. The molecule has 0 saturated carbocycles. The van der Waals surface area contributed by atoms with Gasteiger partial charge in [-0.25, -0.2) is 18.4 Å². The standard InChI is InChI=1S/C7H8N4O2S2/c1-5-8-2-6(14-5)3-15(12,13)7-9-4-10-11-7/h2,4H,3H2,1H3,(H,9,10,11). The Bertz CT molecular complexity index is 543. The lowest BCUT2D eigenvalue weighted by Gasteiger charge is -1.96. The lowest BCUT2D eigenvalue weighted by Crippen LogP contribution is -2.05. The SMILES string of the molecule is Cc1ncc(CS(=O)(=O)c2ncn[nH]2)s1. The molecule has 0 amide bonds. The van der Waals surface area contributed by atoms with E-state index in [0.717, 1.165) is 5.01 Å². The van der Waals surface area contributed by atoms with Crippen molar-refractivity contribution in [2.24, 2.45) is 0 Å². The van der Waals surface area contributed by atoms with Crippen molar-refractivity contribution in [2.75, 3.05) is 0 Å². The van der Waals surface area contributed by atoms with Crippen molar-refractivity contribution in [3.63, 3.8) is 0 Å². The largest absolute Gasteiger partial charge is 0.250 e. The van der Waals surface area contributed by atoms with Gasteiger partial charge in [-0.15, -0.1) is 11.3 Å². The van der Waals surface area contributed by atoms with Crippen LogP contribution in [0.15, 0.2) is 17.7 Å². The van der Waals surface area contributed by atoms with E-state index in [-0.39, 0.29) is 10.9 Å². The Kier molecular flexibility index (Phi) is 2.53. The van der Waals surface area contributed by atoms with Crippen molar-refractivity contribution in [1.29, 1.82) is 0 Å². The predicted molar refractivity (Wildman–Crippen MR) is 54.1 cm³/mol. The van der Waals surface area contributed by atoms with Gasteiger partial charge in [-0.3, -0.25) is 5.10 Å². The topological polar surface area (TPSA) is 88.6 Å². The first-order valence-corrected chi connectivity index (χ1v) is 6.54. The smallest absolute Gasteiger partial charge is 0.243 e. The lowest BCUT2D eigenvalue weighted by atomic mass is 10.6. The summed E-state index contributed by atoms with van der Waals surface area (Å²) < 4.78 is 23.4. The number of aromatic nitrogens is 4. The third-order valence-corrected chi connectivity index (χ3v) is 4.26. The summed E-state index contributed by atoms with van der Waals surface area (Å²) in [6.45, 7) is 1.83. The van der Waals surface area contributed by atoms with Gasteiger partial charge < -0.3 is 0 Å². The minimum Gasteiger partial charge on any atom is -0.250 e. The molecule has 0 bridgehead atoms. The van der Waals surface area contributed by atoms with Gasteiger partial charge in [-0.1, -0.05) is 0 Å². The summed E-state index contributed by atoms with van der Waals surface area (Å²) >= 11 is 1.36. The maximum Gasteiger partial charge on any atom is 0.243 e. The molecule has 80 valence electrons. The van der Waals surface area contributed by atoms with Crippen molar-refractivity contribution in [3.8, 4) is 0 Å². The molecule has 0 spiro atoms. The van der Waals surface area contributed by atoms with E-state index < -0.39 is 9.84 Å². The van der Waals surface area contributed by atoms with Crippen LogP contribution in [-0.2, 0) is 15.6 Å². The third-order valence-electron chi connectivity index (χ3n) is 1.69. The first kappa shape index (κ1) is 10.2. The Morgan fingerprint density at radius 3 is 2.80 bits per heavy atom. The number of aryl methyl sites for hydroxylation is 1. The van der Waals surface area contributed by atoms with Gasteiger partial charge >= 0.3 is 0 Å². The fourth-order valence-electron chi connectivity index (χ4n) is 1.07. The number of rotatable bonds is 3. The molecule has 0 fully saturated rings. The van der Waals surface area contributed by atoms with E-state index in [2.05, 4.69) is 20.2 Å². The Morgan fingerprint density at radius 2 is 2.27 bits per heavy atom. The Labute approximate surface area is 90.3 Å². The molecule has 2 aromatic rings. The Hall–Kier alpha value is -1.28. The molecule has 2 heterocycles. The van der Waals surface area contributed by atoms with Crippen molar-refractivity contribution >= 4 is 21.2 Å². The highest BCUT2D eigenvalue weighted by atomic mass is 32.2. The van der Waals surface area contributed by atoms with E-state index in [1.54, 1.807) is 6.20 Å². The van der Waals surface area contributed by atoms with Crippen LogP contribution in [-0.4, -0.2) is 28.6 Å². The molecule has 0 aliphatic heterocycles. The van der Waals surface area contributed by atoms with Crippen LogP contribution in [0, 0.1) is 6.92 Å². The van der Waals surface area contributed by atoms with Crippen LogP contribution >= 0.6 is 11.3 Å². The molecule has 2 aromatic heterocycles. The molecule has 2 rings (SSSR count). The van der Waals surface area contributed by atoms with Gasteiger partial charge in [0.25, 0.3) is 0 Å². The van der Waals surface area contributed by atoms with Crippen molar-refractivity contribution < 1.29 is 8.42 Å². The van der Waals surface area contributed by atoms with Crippen LogP contribution in [0.5, 0.6) is 0 Å². The van der Waals surface area contributed by atoms with E-state index >= 15 is 0 Å². The van der Waals surface area contributed by atoms with Gasteiger partial charge in [-0.05, 0) is 6.92 Å². The first-order chi connectivity index (χ1) is 7.08. The van der Waals surface area contributed by atoms with Crippen molar-refractivity contribution in [3.05, 3.63) is 22.4 Å². The zero-order valence-corrected chi connectivity index (χ0v) is 9.47. The van der Waals surface area contributed by atoms with Crippen LogP contribution in [0.1, 0.15) is 9.88 Å². The molecule has 0 radical (unpaired) electrons. The molecule has 0 atom stereocenters. The minimum absolute atomic E-state index is 0.0896. The van der Waals surface area contributed by atoms with Gasteiger partial charge in [-0.2, -0.15) is 5.10 Å². The van der Waals surface area contributed by atoms with Crippen LogP contribution < -0.4 is 0 Å². The quantitative estimate of drug-likeness (QED) is 0.851. The summed E-state index contributed by atoms with van der Waals surface area (Å²) in [5, 5.41) is 6.59. The summed E-state index contributed by atoms with van der Waals surface area (Å²) in [7, 11) is -3.42. The zero-order chi connectivity index (χ0) is 10.9. The normalized spacial score (nSPS) is 11.8. The summed E-state index contributed by atoms with van der Waals surface area (Å²) in [5.74, 6) is -0.0896. The second kappa shape index (κ2) is 3.70. The molecule has 6 nitrogen and oxygen atoms in total. The van der Waals surface area contributed by atoms with E-state index in [1.165, 1.54) is 17.7 Å². The van der Waals surface area contributed by atoms with Crippen molar-refractivity contribution in [2.45, 2.75) is 17.8 Å². The lowest BCUT2D eigenvalue weighted by molar-refractivity contribution is 0.587. The zero-order valence-electron chi connectivity index (χ0n) is 7.84. The molecular weight excluding hydrogens is 236 g/mol. The molecule has 0 aliphatic rings. The number of H-pyrrole nitrogens is 1. The van der Waals surface area contributed by atoms with Gasteiger partial charge in [0.1, 0.15) is 6.33 Å². The van der Waals surface area contributed by atoms with Gasteiger partial charge in [0.15, 0.2) is 0 Å². The number of nitrogens with zero attached hydrogens (tertiary/aromatic N) is 3. The Balaban J connectivity index is 2.26. The number of sulfone groups is 1. The first-order valence-electron chi connectivity index (χ1n) is 4.07. The summed E-state index contributed by atoms with van der Waals surface area (Å²) in [6, 6.07) is 0. The number of thiazole rings is 1. The molecular formula is C7H8N4O2S2. The second-order valence-corrected chi connectivity index (χ2v) is 6.12. The van der Waals surface area contributed by atoms with E-state index in [0.29, 0.717) is 4.88 Å². The van der Waals surface area contributed by atoms with Gasteiger partial charge in [0.05, 0.1) is 10.8 Å². The third kappa shape index (κ3) is 2.21. The van der Waals surface area contributed by atoms with Crippen molar-refractivity contribution in [1.82, 2.24) is 20.2 Å². The minimum atomic E-state index is -3.42. The van der Waals surface area contributed by atoms with E-state index in [4.69, 9.17) is 0 Å². The van der Waals surface area contributed by atoms with Crippen LogP contribution in [0.25, 0.3) is 0 Å². The highest BCUT2D eigenvalue weighted by Gasteiger charge is 2.19. The van der Waals surface area contributed by atoms with Gasteiger partial charge in [0, 0.05) is 11.1 Å². The predicted octanol–water partition coefficient (Wildman–Crippen LogP) is 0.544. The monoisotopic (exact) mass is 244 g/mol. The molecule has 1 N–H and O–H groups in total. The highest BCUT2D eigenvalue weighted by molar-refractivity contribution is 7.90. The molecule has 0 saturated heterocycles. The van der Waals surface area contributed by atoms with E-state index in [9.17, 15) is 8.42 Å². The molecule has 0 aliphatic carbocycles.